The number of nitrogen functional groups attached to an aromatic ring is 1. The molecular weight excluding hydrogens is 262 g/mol. The van der Waals surface area contributed by atoms with Crippen LogP contribution in [-0.2, 0) is 0 Å². The van der Waals surface area contributed by atoms with Crippen LogP contribution in [0.1, 0.15) is 36.5 Å². The lowest BCUT2D eigenvalue weighted by Gasteiger charge is -2.23. The first-order chi connectivity index (χ1) is 9.15. The molecule has 5 heteroatoms. The van der Waals surface area contributed by atoms with Gasteiger partial charge in [0, 0.05) is 18.1 Å². The number of nitrogens with one attached hydrogen (secondary N) is 1. The fraction of sp³-hybridized carbons (Fsp3) is 0.500. The van der Waals surface area contributed by atoms with E-state index in [4.69, 9.17) is 17.4 Å². The molecule has 1 fully saturated rings. The largest absolute Gasteiger partial charge is 0.338 e. The smallest absolute Gasteiger partial charge is 0.256 e. The predicted molar refractivity (Wildman–Crippen MR) is 78.2 cm³/mol. The molecule has 1 saturated carbocycles. The summed E-state index contributed by atoms with van der Waals surface area (Å²) in [7, 11) is 0. The van der Waals surface area contributed by atoms with Gasteiger partial charge in [-0.3, -0.25) is 10.6 Å². The van der Waals surface area contributed by atoms with Crippen molar-refractivity contribution >= 4 is 23.2 Å². The van der Waals surface area contributed by atoms with Gasteiger partial charge in [-0.2, -0.15) is 0 Å². The number of hydrogen-bond donors (Lipinski definition) is 2. The van der Waals surface area contributed by atoms with Crippen molar-refractivity contribution in [1.29, 1.82) is 0 Å². The van der Waals surface area contributed by atoms with Crippen molar-refractivity contribution in [3.05, 3.63) is 28.8 Å². The third kappa shape index (κ3) is 3.61. The van der Waals surface area contributed by atoms with Crippen molar-refractivity contribution in [3.8, 4) is 0 Å². The average Bonchev–Trinajstić information content (AvgIpc) is 3.21. The second-order valence-electron chi connectivity index (χ2n) is 5.03. The molecule has 0 spiro atoms. The second kappa shape index (κ2) is 6.26. The SMILES string of the molecule is CCCN(CC1CC1)C(=O)c1cc(Cl)ccc1NN. The van der Waals surface area contributed by atoms with Crippen LogP contribution in [0.25, 0.3) is 0 Å². The monoisotopic (exact) mass is 281 g/mol. The molecule has 0 aliphatic heterocycles. The standard InChI is InChI=1S/C14H20ClN3O/c1-2-7-18(9-10-3-4-10)14(19)12-8-11(15)5-6-13(12)17-16/h5-6,8,10,17H,2-4,7,9,16H2,1H3. The van der Waals surface area contributed by atoms with Crippen LogP contribution in [0.5, 0.6) is 0 Å². The van der Waals surface area contributed by atoms with E-state index in [1.165, 1.54) is 12.8 Å². The number of hydrazine groups is 1. The molecule has 0 atom stereocenters. The van der Waals surface area contributed by atoms with Gasteiger partial charge in [-0.15, -0.1) is 0 Å². The zero-order valence-corrected chi connectivity index (χ0v) is 11.9. The van der Waals surface area contributed by atoms with Crippen molar-refractivity contribution in [2.75, 3.05) is 18.5 Å². The van der Waals surface area contributed by atoms with Gasteiger partial charge in [0.2, 0.25) is 0 Å². The van der Waals surface area contributed by atoms with Gasteiger partial charge in [-0.05, 0) is 43.4 Å². The van der Waals surface area contributed by atoms with Crippen LogP contribution in [0.3, 0.4) is 0 Å². The Morgan fingerprint density at radius 2 is 2.26 bits per heavy atom. The van der Waals surface area contributed by atoms with E-state index in [1.807, 2.05) is 4.90 Å². The van der Waals surface area contributed by atoms with Gasteiger partial charge in [-0.25, -0.2) is 0 Å². The molecule has 0 aromatic heterocycles. The number of rotatable bonds is 6. The molecule has 1 amide bonds. The van der Waals surface area contributed by atoms with Gasteiger partial charge in [0.05, 0.1) is 11.3 Å². The van der Waals surface area contributed by atoms with Crippen LogP contribution in [0.4, 0.5) is 5.69 Å². The molecule has 104 valence electrons. The maximum atomic E-state index is 12.6. The molecule has 0 radical (unpaired) electrons. The highest BCUT2D eigenvalue weighted by molar-refractivity contribution is 6.31. The summed E-state index contributed by atoms with van der Waals surface area (Å²) >= 11 is 5.98. The first-order valence-corrected chi connectivity index (χ1v) is 7.09. The van der Waals surface area contributed by atoms with E-state index < -0.39 is 0 Å². The van der Waals surface area contributed by atoms with Crippen molar-refractivity contribution in [2.45, 2.75) is 26.2 Å². The molecule has 1 aromatic rings. The van der Waals surface area contributed by atoms with E-state index in [2.05, 4.69) is 12.3 Å². The van der Waals surface area contributed by atoms with E-state index in [1.54, 1.807) is 18.2 Å². The molecule has 3 N–H and O–H groups in total. The average molecular weight is 282 g/mol. The zero-order chi connectivity index (χ0) is 13.8. The molecule has 2 rings (SSSR count). The minimum Gasteiger partial charge on any atom is -0.338 e. The van der Waals surface area contributed by atoms with Gasteiger partial charge >= 0.3 is 0 Å². The minimum absolute atomic E-state index is 0.00389. The summed E-state index contributed by atoms with van der Waals surface area (Å²) in [6, 6.07) is 5.13. The lowest BCUT2D eigenvalue weighted by Crippen LogP contribution is -2.34. The first kappa shape index (κ1) is 14.2. The Hall–Kier alpha value is -1.26. The molecule has 1 aromatic carbocycles. The number of amides is 1. The fourth-order valence-corrected chi connectivity index (χ4v) is 2.32. The quantitative estimate of drug-likeness (QED) is 0.623. The van der Waals surface area contributed by atoms with E-state index in [9.17, 15) is 4.79 Å². The number of nitrogens with zero attached hydrogens (tertiary/aromatic N) is 1. The Morgan fingerprint density at radius 3 is 2.84 bits per heavy atom. The predicted octanol–water partition coefficient (Wildman–Crippen LogP) is 2.89. The van der Waals surface area contributed by atoms with E-state index in [-0.39, 0.29) is 5.91 Å². The Balaban J connectivity index is 2.21. The fourth-order valence-electron chi connectivity index (χ4n) is 2.15. The number of carbonyl (C=O) groups is 1. The topological polar surface area (TPSA) is 58.4 Å². The van der Waals surface area contributed by atoms with E-state index in [0.717, 1.165) is 19.5 Å². The lowest BCUT2D eigenvalue weighted by molar-refractivity contribution is 0.0748. The summed E-state index contributed by atoms with van der Waals surface area (Å²) < 4.78 is 0. The van der Waals surface area contributed by atoms with Crippen LogP contribution in [0, 0.1) is 5.92 Å². The maximum absolute atomic E-state index is 12.6. The molecule has 1 aliphatic carbocycles. The van der Waals surface area contributed by atoms with Crippen LogP contribution < -0.4 is 11.3 Å². The Bertz CT molecular complexity index is 460. The van der Waals surface area contributed by atoms with Crippen molar-refractivity contribution in [2.24, 2.45) is 11.8 Å². The highest BCUT2D eigenvalue weighted by Gasteiger charge is 2.27. The molecule has 0 saturated heterocycles. The number of benzene rings is 1. The third-order valence-electron chi connectivity index (χ3n) is 3.32. The number of hydrogen-bond acceptors (Lipinski definition) is 3. The number of nitrogens with two attached hydrogens (primary N) is 1. The third-order valence-corrected chi connectivity index (χ3v) is 3.56. The number of halogens is 1. The summed E-state index contributed by atoms with van der Waals surface area (Å²) in [5.74, 6) is 6.14. The van der Waals surface area contributed by atoms with Crippen LogP contribution >= 0.6 is 11.6 Å². The maximum Gasteiger partial charge on any atom is 0.256 e. The second-order valence-corrected chi connectivity index (χ2v) is 5.47. The van der Waals surface area contributed by atoms with Crippen LogP contribution in [-0.4, -0.2) is 23.9 Å². The summed E-state index contributed by atoms with van der Waals surface area (Å²) in [5.41, 5.74) is 3.73. The van der Waals surface area contributed by atoms with E-state index in [0.29, 0.717) is 22.2 Å². The van der Waals surface area contributed by atoms with Crippen molar-refractivity contribution < 1.29 is 4.79 Å². The summed E-state index contributed by atoms with van der Waals surface area (Å²) in [6.45, 7) is 3.68. The van der Waals surface area contributed by atoms with Crippen LogP contribution in [0.2, 0.25) is 5.02 Å². The Labute approximate surface area is 118 Å². The number of anilines is 1. The molecule has 0 heterocycles. The number of carbonyl (C=O) groups excluding carboxylic acids is 1. The Kier molecular flexibility index (Phi) is 4.66. The van der Waals surface area contributed by atoms with Gasteiger partial charge in [-0.1, -0.05) is 18.5 Å². The first-order valence-electron chi connectivity index (χ1n) is 6.71. The van der Waals surface area contributed by atoms with Crippen molar-refractivity contribution in [1.82, 2.24) is 4.90 Å². The normalized spacial score (nSPS) is 14.3. The lowest BCUT2D eigenvalue weighted by atomic mass is 10.1. The van der Waals surface area contributed by atoms with Crippen molar-refractivity contribution in [3.63, 3.8) is 0 Å². The highest BCUT2D eigenvalue weighted by Crippen LogP contribution is 2.31. The molecular formula is C14H20ClN3O. The highest BCUT2D eigenvalue weighted by atomic mass is 35.5. The van der Waals surface area contributed by atoms with E-state index >= 15 is 0 Å². The van der Waals surface area contributed by atoms with Gasteiger partial charge in [0.25, 0.3) is 5.91 Å². The molecule has 19 heavy (non-hydrogen) atoms. The molecule has 4 nitrogen and oxygen atoms in total. The van der Waals surface area contributed by atoms with Crippen LogP contribution in [0.15, 0.2) is 18.2 Å². The zero-order valence-electron chi connectivity index (χ0n) is 11.2. The Morgan fingerprint density at radius 1 is 1.53 bits per heavy atom. The molecule has 1 aliphatic rings. The molecule has 0 bridgehead atoms. The van der Waals surface area contributed by atoms with Gasteiger partial charge < -0.3 is 10.3 Å². The van der Waals surface area contributed by atoms with Gasteiger partial charge in [0.1, 0.15) is 0 Å². The van der Waals surface area contributed by atoms with Gasteiger partial charge in [0.15, 0.2) is 0 Å². The summed E-state index contributed by atoms with van der Waals surface area (Å²) in [4.78, 5) is 14.5. The summed E-state index contributed by atoms with van der Waals surface area (Å²) in [5, 5.41) is 0.547. The molecule has 0 unspecified atom stereocenters. The minimum atomic E-state index is 0.00389. The summed E-state index contributed by atoms with van der Waals surface area (Å²) in [6.07, 6.45) is 3.40.